The van der Waals surface area contributed by atoms with Crippen LogP contribution in [0.15, 0.2) is 36.5 Å². The van der Waals surface area contributed by atoms with Crippen LogP contribution in [-0.4, -0.2) is 9.55 Å². The summed E-state index contributed by atoms with van der Waals surface area (Å²) in [5.74, 6) is 0.868. The lowest BCUT2D eigenvalue weighted by atomic mass is 10.1. The summed E-state index contributed by atoms with van der Waals surface area (Å²) < 4.78 is 1.95. The summed E-state index contributed by atoms with van der Waals surface area (Å²) in [6, 6.07) is 12.4. The number of nitriles is 1. The largest absolute Gasteiger partial charge is 0.313 e. The van der Waals surface area contributed by atoms with Gasteiger partial charge in [0.1, 0.15) is 17.6 Å². The van der Waals surface area contributed by atoms with Crippen LogP contribution in [0.1, 0.15) is 30.0 Å². The average molecular weight is 211 g/mol. The lowest BCUT2D eigenvalue weighted by molar-refractivity contribution is 0.612. The quantitative estimate of drug-likeness (QED) is 0.766. The van der Waals surface area contributed by atoms with Crippen molar-refractivity contribution in [3.63, 3.8) is 0 Å². The standard InChI is InChI=1S/C13H13N3/c1-10(12-6-4-3-5-7-12)16-11(2)15-9-13(16)8-14/h3-7,9-10H,1-2H3. The summed E-state index contributed by atoms with van der Waals surface area (Å²) in [6.07, 6.45) is 1.62. The smallest absolute Gasteiger partial charge is 0.140 e. The Balaban J connectivity index is 2.46. The molecule has 3 nitrogen and oxygen atoms in total. The predicted octanol–water partition coefficient (Wildman–Crippen LogP) is 2.67. The Kier molecular flexibility index (Phi) is 2.74. The van der Waals surface area contributed by atoms with Crippen molar-refractivity contribution < 1.29 is 0 Å². The van der Waals surface area contributed by atoms with E-state index < -0.39 is 0 Å². The van der Waals surface area contributed by atoms with Crippen molar-refractivity contribution in [3.8, 4) is 6.07 Å². The molecule has 0 N–H and O–H groups in total. The van der Waals surface area contributed by atoms with Crippen LogP contribution in [0, 0.1) is 18.3 Å². The highest BCUT2D eigenvalue weighted by Crippen LogP contribution is 2.20. The Hall–Kier alpha value is -2.08. The van der Waals surface area contributed by atoms with Gasteiger partial charge in [0.05, 0.1) is 12.2 Å². The van der Waals surface area contributed by atoms with Crippen LogP contribution >= 0.6 is 0 Å². The topological polar surface area (TPSA) is 41.6 Å². The van der Waals surface area contributed by atoms with Gasteiger partial charge in [-0.1, -0.05) is 30.3 Å². The molecule has 0 aliphatic carbocycles. The first-order chi connectivity index (χ1) is 7.74. The summed E-state index contributed by atoms with van der Waals surface area (Å²) in [4.78, 5) is 4.17. The molecule has 1 aromatic heterocycles. The van der Waals surface area contributed by atoms with Gasteiger partial charge in [0.2, 0.25) is 0 Å². The van der Waals surface area contributed by atoms with Crippen LogP contribution in [0.4, 0.5) is 0 Å². The average Bonchev–Trinajstić information content (AvgIpc) is 2.70. The van der Waals surface area contributed by atoms with Gasteiger partial charge in [-0.05, 0) is 19.4 Å². The third-order valence-electron chi connectivity index (χ3n) is 2.77. The van der Waals surface area contributed by atoms with Gasteiger partial charge in [-0.3, -0.25) is 0 Å². The summed E-state index contributed by atoms with van der Waals surface area (Å²) in [6.45, 7) is 3.99. The van der Waals surface area contributed by atoms with E-state index in [1.807, 2.05) is 29.7 Å². The summed E-state index contributed by atoms with van der Waals surface area (Å²) >= 11 is 0. The molecule has 80 valence electrons. The van der Waals surface area contributed by atoms with Crippen molar-refractivity contribution in [2.45, 2.75) is 19.9 Å². The third-order valence-corrected chi connectivity index (χ3v) is 2.77. The van der Waals surface area contributed by atoms with Crippen molar-refractivity contribution in [1.29, 1.82) is 5.26 Å². The Morgan fingerprint density at radius 1 is 1.31 bits per heavy atom. The van der Waals surface area contributed by atoms with E-state index in [4.69, 9.17) is 5.26 Å². The maximum absolute atomic E-state index is 9.02. The van der Waals surface area contributed by atoms with E-state index in [-0.39, 0.29) is 6.04 Å². The Morgan fingerprint density at radius 3 is 2.62 bits per heavy atom. The first-order valence-electron chi connectivity index (χ1n) is 5.23. The van der Waals surface area contributed by atoms with Crippen molar-refractivity contribution >= 4 is 0 Å². The molecule has 0 aliphatic heterocycles. The van der Waals surface area contributed by atoms with Crippen LogP contribution in [0.2, 0.25) is 0 Å². The maximum Gasteiger partial charge on any atom is 0.140 e. The number of hydrogen-bond donors (Lipinski definition) is 0. The minimum absolute atomic E-state index is 0.137. The molecule has 0 radical (unpaired) electrons. The van der Waals surface area contributed by atoms with Gasteiger partial charge in [-0.25, -0.2) is 4.98 Å². The minimum atomic E-state index is 0.137. The van der Waals surface area contributed by atoms with E-state index in [0.717, 1.165) is 5.82 Å². The molecule has 1 heterocycles. The number of nitrogens with zero attached hydrogens (tertiary/aromatic N) is 3. The molecule has 3 heteroatoms. The fraction of sp³-hybridized carbons (Fsp3) is 0.231. The zero-order valence-corrected chi connectivity index (χ0v) is 9.38. The molecule has 0 saturated carbocycles. The van der Waals surface area contributed by atoms with Crippen molar-refractivity contribution in [2.75, 3.05) is 0 Å². The van der Waals surface area contributed by atoms with E-state index in [0.29, 0.717) is 5.69 Å². The number of imidazole rings is 1. The summed E-state index contributed by atoms with van der Waals surface area (Å²) in [5.41, 5.74) is 1.79. The first kappa shape index (κ1) is 10.4. The highest BCUT2D eigenvalue weighted by Gasteiger charge is 2.13. The monoisotopic (exact) mass is 211 g/mol. The molecule has 0 fully saturated rings. The van der Waals surface area contributed by atoms with Gasteiger partial charge in [0, 0.05) is 0 Å². The fourth-order valence-corrected chi connectivity index (χ4v) is 1.91. The molecule has 1 aromatic carbocycles. The van der Waals surface area contributed by atoms with Gasteiger partial charge in [0.25, 0.3) is 0 Å². The second-order valence-electron chi connectivity index (χ2n) is 3.76. The molecule has 1 unspecified atom stereocenters. The molecule has 0 amide bonds. The van der Waals surface area contributed by atoms with Crippen LogP contribution in [0.5, 0.6) is 0 Å². The van der Waals surface area contributed by atoms with Gasteiger partial charge < -0.3 is 4.57 Å². The molecular formula is C13H13N3. The van der Waals surface area contributed by atoms with Gasteiger partial charge in [-0.15, -0.1) is 0 Å². The van der Waals surface area contributed by atoms with Gasteiger partial charge >= 0.3 is 0 Å². The van der Waals surface area contributed by atoms with Crippen molar-refractivity contribution in [2.24, 2.45) is 0 Å². The zero-order chi connectivity index (χ0) is 11.5. The molecule has 2 aromatic rings. The number of aryl methyl sites for hydroxylation is 1. The molecule has 0 saturated heterocycles. The third kappa shape index (κ3) is 1.70. The highest BCUT2D eigenvalue weighted by molar-refractivity contribution is 5.26. The SMILES string of the molecule is Cc1ncc(C#N)n1C(C)c1ccccc1. The molecule has 1 atom stereocenters. The van der Waals surface area contributed by atoms with Crippen LogP contribution in [-0.2, 0) is 0 Å². The number of aromatic nitrogens is 2. The van der Waals surface area contributed by atoms with E-state index in [1.54, 1.807) is 6.20 Å². The molecule has 0 spiro atoms. The summed E-state index contributed by atoms with van der Waals surface area (Å²) in [7, 11) is 0. The Morgan fingerprint density at radius 2 is 2.00 bits per heavy atom. The Bertz CT molecular complexity index is 520. The van der Waals surface area contributed by atoms with E-state index in [1.165, 1.54) is 5.56 Å². The zero-order valence-electron chi connectivity index (χ0n) is 9.38. The molecule has 0 bridgehead atoms. The van der Waals surface area contributed by atoms with Gasteiger partial charge in [0.15, 0.2) is 0 Å². The molecular weight excluding hydrogens is 198 g/mol. The second-order valence-corrected chi connectivity index (χ2v) is 3.76. The second kappa shape index (κ2) is 4.19. The predicted molar refractivity (Wildman–Crippen MR) is 61.9 cm³/mol. The van der Waals surface area contributed by atoms with E-state index in [9.17, 15) is 0 Å². The number of rotatable bonds is 2. The van der Waals surface area contributed by atoms with E-state index in [2.05, 4.69) is 30.1 Å². The van der Waals surface area contributed by atoms with Crippen LogP contribution < -0.4 is 0 Å². The van der Waals surface area contributed by atoms with Gasteiger partial charge in [-0.2, -0.15) is 5.26 Å². The minimum Gasteiger partial charge on any atom is -0.313 e. The number of hydrogen-bond acceptors (Lipinski definition) is 2. The van der Waals surface area contributed by atoms with Crippen LogP contribution in [0.25, 0.3) is 0 Å². The Labute approximate surface area is 95.0 Å². The first-order valence-corrected chi connectivity index (χ1v) is 5.23. The van der Waals surface area contributed by atoms with Crippen molar-refractivity contribution in [1.82, 2.24) is 9.55 Å². The van der Waals surface area contributed by atoms with E-state index >= 15 is 0 Å². The molecule has 0 aliphatic rings. The normalized spacial score (nSPS) is 12.1. The van der Waals surface area contributed by atoms with Crippen molar-refractivity contribution in [3.05, 3.63) is 53.6 Å². The lowest BCUT2D eigenvalue weighted by Crippen LogP contribution is -2.10. The lowest BCUT2D eigenvalue weighted by Gasteiger charge is -2.16. The van der Waals surface area contributed by atoms with Crippen LogP contribution in [0.3, 0.4) is 0 Å². The fourth-order valence-electron chi connectivity index (χ4n) is 1.91. The number of benzene rings is 1. The highest BCUT2D eigenvalue weighted by atomic mass is 15.1. The molecule has 2 rings (SSSR count). The maximum atomic E-state index is 9.02. The summed E-state index contributed by atoms with van der Waals surface area (Å²) in [5, 5.41) is 9.02. The molecule has 16 heavy (non-hydrogen) atoms.